The van der Waals surface area contributed by atoms with Crippen LogP contribution < -0.4 is 4.90 Å². The van der Waals surface area contributed by atoms with Crippen LogP contribution in [0.15, 0.2) is 12.3 Å². The van der Waals surface area contributed by atoms with E-state index >= 15 is 0 Å². The SMILES string of the molecule is Cc1nc(C)c(C)c(N2CCC(c3ccn[nH]3)C2)n1. The number of nitrogens with zero attached hydrogens (tertiary/aromatic N) is 4. The fourth-order valence-electron chi connectivity index (χ4n) is 2.76. The summed E-state index contributed by atoms with van der Waals surface area (Å²) in [5.74, 6) is 2.47. The lowest BCUT2D eigenvalue weighted by molar-refractivity contribution is 0.736. The Balaban J connectivity index is 1.85. The van der Waals surface area contributed by atoms with Gasteiger partial charge in [0.15, 0.2) is 0 Å². The van der Waals surface area contributed by atoms with Crippen LogP contribution in [0.3, 0.4) is 0 Å². The lowest BCUT2D eigenvalue weighted by atomic mass is 10.1. The molecule has 1 atom stereocenters. The van der Waals surface area contributed by atoms with Gasteiger partial charge >= 0.3 is 0 Å². The standard InChI is InChI=1S/C14H19N5/c1-9-10(2)16-11(3)17-14(9)19-7-5-12(8-19)13-4-6-15-18-13/h4,6,12H,5,7-8H2,1-3H3,(H,15,18). The summed E-state index contributed by atoms with van der Waals surface area (Å²) in [4.78, 5) is 11.4. The smallest absolute Gasteiger partial charge is 0.135 e. The molecule has 1 unspecified atom stereocenters. The first-order valence-electron chi connectivity index (χ1n) is 6.71. The second kappa shape index (κ2) is 4.64. The van der Waals surface area contributed by atoms with E-state index in [1.54, 1.807) is 0 Å². The third-order valence-electron chi connectivity index (χ3n) is 3.93. The molecule has 19 heavy (non-hydrogen) atoms. The van der Waals surface area contributed by atoms with Gasteiger partial charge in [0.2, 0.25) is 0 Å². The summed E-state index contributed by atoms with van der Waals surface area (Å²) in [5, 5.41) is 7.12. The molecule has 0 spiro atoms. The molecule has 100 valence electrons. The Morgan fingerprint density at radius 2 is 2.11 bits per heavy atom. The molecule has 0 bridgehead atoms. The number of nitrogens with one attached hydrogen (secondary N) is 1. The molecule has 5 heteroatoms. The number of hydrogen-bond donors (Lipinski definition) is 1. The average molecular weight is 257 g/mol. The summed E-state index contributed by atoms with van der Waals surface area (Å²) in [6.07, 6.45) is 2.96. The monoisotopic (exact) mass is 257 g/mol. The molecule has 3 rings (SSSR count). The highest BCUT2D eigenvalue weighted by atomic mass is 15.2. The van der Waals surface area contributed by atoms with E-state index < -0.39 is 0 Å². The van der Waals surface area contributed by atoms with Gasteiger partial charge in [-0.05, 0) is 33.3 Å². The zero-order valence-electron chi connectivity index (χ0n) is 11.6. The third kappa shape index (κ3) is 2.20. The van der Waals surface area contributed by atoms with Crippen molar-refractivity contribution in [3.8, 4) is 0 Å². The zero-order valence-corrected chi connectivity index (χ0v) is 11.6. The minimum absolute atomic E-state index is 0.525. The molecule has 1 aliphatic rings. The Labute approximate surface area is 113 Å². The summed E-state index contributed by atoms with van der Waals surface area (Å²) in [7, 11) is 0. The van der Waals surface area contributed by atoms with Crippen LogP contribution in [-0.2, 0) is 0 Å². The van der Waals surface area contributed by atoms with E-state index in [2.05, 4.69) is 45.0 Å². The van der Waals surface area contributed by atoms with E-state index in [9.17, 15) is 0 Å². The topological polar surface area (TPSA) is 57.7 Å². The molecule has 2 aromatic rings. The van der Waals surface area contributed by atoms with Gasteiger partial charge in [-0.3, -0.25) is 5.10 Å². The van der Waals surface area contributed by atoms with E-state index in [4.69, 9.17) is 0 Å². The highest BCUT2D eigenvalue weighted by Gasteiger charge is 2.27. The first-order chi connectivity index (χ1) is 9.15. The maximum absolute atomic E-state index is 4.62. The maximum atomic E-state index is 4.62. The molecule has 0 saturated carbocycles. The highest BCUT2D eigenvalue weighted by molar-refractivity contribution is 5.49. The normalized spacial score (nSPS) is 19.1. The van der Waals surface area contributed by atoms with Crippen molar-refractivity contribution in [1.82, 2.24) is 20.2 Å². The van der Waals surface area contributed by atoms with Gasteiger partial charge in [0.05, 0.1) is 0 Å². The van der Waals surface area contributed by atoms with Crippen LogP contribution in [0.25, 0.3) is 0 Å². The minimum Gasteiger partial charge on any atom is -0.356 e. The summed E-state index contributed by atoms with van der Waals surface area (Å²) in [6, 6.07) is 2.07. The lowest BCUT2D eigenvalue weighted by Crippen LogP contribution is -2.22. The molecular formula is C14H19N5. The molecular weight excluding hydrogens is 238 g/mol. The van der Waals surface area contributed by atoms with Crippen molar-refractivity contribution >= 4 is 5.82 Å². The van der Waals surface area contributed by atoms with Gasteiger partial charge in [-0.1, -0.05) is 0 Å². The van der Waals surface area contributed by atoms with E-state index in [-0.39, 0.29) is 0 Å². The first-order valence-corrected chi connectivity index (χ1v) is 6.71. The molecule has 5 nitrogen and oxygen atoms in total. The summed E-state index contributed by atoms with van der Waals surface area (Å²) in [6.45, 7) is 8.15. The van der Waals surface area contributed by atoms with Crippen LogP contribution in [-0.4, -0.2) is 33.3 Å². The molecule has 0 aromatic carbocycles. The molecule has 0 radical (unpaired) electrons. The van der Waals surface area contributed by atoms with Crippen molar-refractivity contribution in [2.45, 2.75) is 33.1 Å². The molecule has 3 heterocycles. The predicted molar refractivity (Wildman–Crippen MR) is 74.4 cm³/mol. The summed E-state index contributed by atoms with van der Waals surface area (Å²) >= 11 is 0. The Morgan fingerprint density at radius 1 is 1.26 bits per heavy atom. The quantitative estimate of drug-likeness (QED) is 0.895. The Kier molecular flexibility index (Phi) is 2.97. The van der Waals surface area contributed by atoms with Gasteiger partial charge in [-0.15, -0.1) is 0 Å². The maximum Gasteiger partial charge on any atom is 0.135 e. The zero-order chi connectivity index (χ0) is 13.4. The van der Waals surface area contributed by atoms with Gasteiger partial charge in [0.1, 0.15) is 11.6 Å². The van der Waals surface area contributed by atoms with E-state index in [1.165, 1.54) is 11.3 Å². The molecule has 0 aliphatic carbocycles. The van der Waals surface area contributed by atoms with Gasteiger partial charge < -0.3 is 4.90 Å². The molecule has 2 aromatic heterocycles. The van der Waals surface area contributed by atoms with Crippen molar-refractivity contribution in [3.63, 3.8) is 0 Å². The Hall–Kier alpha value is -1.91. The Bertz CT molecular complexity index is 576. The number of aromatic nitrogens is 4. The van der Waals surface area contributed by atoms with Crippen molar-refractivity contribution in [3.05, 3.63) is 35.0 Å². The van der Waals surface area contributed by atoms with Crippen LogP contribution in [0, 0.1) is 20.8 Å². The van der Waals surface area contributed by atoms with Crippen molar-refractivity contribution in [1.29, 1.82) is 0 Å². The lowest BCUT2D eigenvalue weighted by Gasteiger charge is -2.20. The predicted octanol–water partition coefficient (Wildman–Crippen LogP) is 2.12. The fraction of sp³-hybridized carbons (Fsp3) is 0.500. The number of aromatic amines is 1. The summed E-state index contributed by atoms with van der Waals surface area (Å²) in [5.41, 5.74) is 3.49. The van der Waals surface area contributed by atoms with Crippen LogP contribution in [0.1, 0.15) is 35.1 Å². The van der Waals surface area contributed by atoms with Crippen LogP contribution in [0.4, 0.5) is 5.82 Å². The van der Waals surface area contributed by atoms with E-state index in [0.717, 1.165) is 36.8 Å². The number of anilines is 1. The molecule has 1 aliphatic heterocycles. The average Bonchev–Trinajstić information content (AvgIpc) is 3.03. The van der Waals surface area contributed by atoms with Crippen molar-refractivity contribution in [2.75, 3.05) is 18.0 Å². The largest absolute Gasteiger partial charge is 0.356 e. The molecule has 1 N–H and O–H groups in total. The van der Waals surface area contributed by atoms with Crippen LogP contribution >= 0.6 is 0 Å². The molecule has 1 fully saturated rings. The van der Waals surface area contributed by atoms with Gasteiger partial charge in [0, 0.05) is 42.2 Å². The van der Waals surface area contributed by atoms with Crippen molar-refractivity contribution < 1.29 is 0 Å². The van der Waals surface area contributed by atoms with Gasteiger partial charge in [-0.25, -0.2) is 9.97 Å². The van der Waals surface area contributed by atoms with Crippen molar-refractivity contribution in [2.24, 2.45) is 0 Å². The molecule has 1 saturated heterocycles. The molecule has 0 amide bonds. The van der Waals surface area contributed by atoms with Gasteiger partial charge in [0.25, 0.3) is 0 Å². The van der Waals surface area contributed by atoms with Gasteiger partial charge in [-0.2, -0.15) is 5.10 Å². The number of hydrogen-bond acceptors (Lipinski definition) is 4. The van der Waals surface area contributed by atoms with Crippen LogP contribution in [0.2, 0.25) is 0 Å². The van der Waals surface area contributed by atoms with E-state index in [0.29, 0.717) is 5.92 Å². The number of aryl methyl sites for hydroxylation is 2. The third-order valence-corrected chi connectivity index (χ3v) is 3.93. The highest BCUT2D eigenvalue weighted by Crippen LogP contribution is 2.30. The van der Waals surface area contributed by atoms with E-state index in [1.807, 2.05) is 13.1 Å². The summed E-state index contributed by atoms with van der Waals surface area (Å²) < 4.78 is 0. The number of rotatable bonds is 2. The number of H-pyrrole nitrogens is 1. The second-order valence-electron chi connectivity index (χ2n) is 5.25. The first kappa shape index (κ1) is 12.1. The minimum atomic E-state index is 0.525. The van der Waals surface area contributed by atoms with Crippen LogP contribution in [0.5, 0.6) is 0 Å². The fourth-order valence-corrected chi connectivity index (χ4v) is 2.76. The second-order valence-corrected chi connectivity index (χ2v) is 5.25. The Morgan fingerprint density at radius 3 is 2.84 bits per heavy atom.